The number of carbonyl (C=O) groups excluding carboxylic acids is 1. The number of halogens is 3. The van der Waals surface area contributed by atoms with Crippen molar-refractivity contribution in [2.75, 3.05) is 18.1 Å². The minimum absolute atomic E-state index is 0.731. The van der Waals surface area contributed by atoms with E-state index in [1.807, 2.05) is 5.32 Å². The van der Waals surface area contributed by atoms with Crippen LogP contribution in [0.25, 0.3) is 0 Å². The number of hydrogen-bond acceptors (Lipinski definition) is 6. The number of nitrogens with two attached hydrogens (primary N) is 2. The van der Waals surface area contributed by atoms with Crippen molar-refractivity contribution in [3.8, 4) is 0 Å². The molecule has 130 valence electrons. The summed E-state index contributed by atoms with van der Waals surface area (Å²) in [4.78, 5) is 7.37. The van der Waals surface area contributed by atoms with E-state index in [0.29, 0.717) is 0 Å². The summed E-state index contributed by atoms with van der Waals surface area (Å²) in [5.74, 6) is -8.37. The molecule has 0 aliphatic rings. The van der Waals surface area contributed by atoms with Crippen molar-refractivity contribution in [2.45, 2.75) is 16.2 Å². The molecule has 0 saturated heterocycles. The van der Waals surface area contributed by atoms with E-state index >= 15 is 0 Å². The molecule has 0 fully saturated rings. The lowest BCUT2D eigenvalue weighted by molar-refractivity contribution is -0.117. The highest BCUT2D eigenvalue weighted by Crippen LogP contribution is 2.35. The molecular formula is C10H12F3N3O5S2. The summed E-state index contributed by atoms with van der Waals surface area (Å²) in [7, 11) is -8.74. The van der Waals surface area contributed by atoms with Crippen molar-refractivity contribution in [1.82, 2.24) is 0 Å². The van der Waals surface area contributed by atoms with E-state index in [1.165, 1.54) is 0 Å². The minimum Gasteiger partial charge on any atom is -0.385 e. The van der Waals surface area contributed by atoms with Gasteiger partial charge in [-0.15, -0.1) is 0 Å². The SMILES string of the molecule is CNc1c(F)c(S(N)(=O)=O)c(F)c(F)c1S(=O)(=O)CCC(N)=O. The summed E-state index contributed by atoms with van der Waals surface area (Å²) in [6.45, 7) is 0. The van der Waals surface area contributed by atoms with Gasteiger partial charge in [0, 0.05) is 13.5 Å². The number of primary sulfonamides is 1. The quantitative estimate of drug-likeness (QED) is 0.568. The molecule has 1 aromatic rings. The molecule has 0 aliphatic carbocycles. The summed E-state index contributed by atoms with van der Waals surface area (Å²) in [6.07, 6.45) is -0.731. The van der Waals surface area contributed by atoms with Crippen molar-refractivity contribution in [3.63, 3.8) is 0 Å². The molecule has 0 aromatic heterocycles. The summed E-state index contributed by atoms with van der Waals surface area (Å²) in [5.41, 5.74) is 3.64. The summed E-state index contributed by atoms with van der Waals surface area (Å²) in [5, 5.41) is 6.54. The lowest BCUT2D eigenvalue weighted by atomic mass is 10.2. The average Bonchev–Trinajstić information content (AvgIpc) is 2.38. The first-order valence-electron chi connectivity index (χ1n) is 5.76. The number of benzene rings is 1. The van der Waals surface area contributed by atoms with Crippen LogP contribution in [0.2, 0.25) is 0 Å². The maximum atomic E-state index is 14.1. The maximum Gasteiger partial charge on any atom is 0.244 e. The van der Waals surface area contributed by atoms with Gasteiger partial charge in [0.2, 0.25) is 15.9 Å². The second-order valence-corrected chi connectivity index (χ2v) is 7.85. The van der Waals surface area contributed by atoms with Gasteiger partial charge >= 0.3 is 0 Å². The number of carbonyl (C=O) groups is 1. The molecule has 8 nitrogen and oxygen atoms in total. The van der Waals surface area contributed by atoms with Crippen molar-refractivity contribution in [2.24, 2.45) is 10.9 Å². The van der Waals surface area contributed by atoms with E-state index in [1.54, 1.807) is 0 Å². The van der Waals surface area contributed by atoms with Crippen LogP contribution in [0.1, 0.15) is 6.42 Å². The molecule has 13 heteroatoms. The van der Waals surface area contributed by atoms with Gasteiger partial charge in [-0.2, -0.15) is 0 Å². The lowest BCUT2D eigenvalue weighted by Crippen LogP contribution is -2.23. The van der Waals surface area contributed by atoms with Crippen LogP contribution in [0.15, 0.2) is 9.79 Å². The molecule has 0 aliphatic heterocycles. The molecule has 23 heavy (non-hydrogen) atoms. The van der Waals surface area contributed by atoms with E-state index < -0.39 is 70.9 Å². The Labute approximate surface area is 129 Å². The number of sulfone groups is 1. The Morgan fingerprint density at radius 3 is 1.91 bits per heavy atom. The molecule has 1 rings (SSSR count). The third-order valence-corrected chi connectivity index (χ3v) is 5.37. The van der Waals surface area contributed by atoms with Crippen LogP contribution in [0.4, 0.5) is 18.9 Å². The van der Waals surface area contributed by atoms with Crippen molar-refractivity contribution in [3.05, 3.63) is 17.5 Å². The second-order valence-electron chi connectivity index (χ2n) is 4.31. The second kappa shape index (κ2) is 6.33. The van der Waals surface area contributed by atoms with Crippen LogP contribution in [-0.4, -0.2) is 35.5 Å². The number of nitrogens with one attached hydrogen (secondary N) is 1. The largest absolute Gasteiger partial charge is 0.385 e. The molecule has 0 bridgehead atoms. The first-order chi connectivity index (χ1) is 10.3. The Kier molecular flexibility index (Phi) is 5.28. The standard InChI is InChI=1S/C10H12F3N3O5S2/c1-16-8-7(13)9(23(15,20)21)5(11)6(12)10(8)22(18,19)3-2-4(14)17/h16H,2-3H2,1H3,(H2,14,17)(H2,15,20,21). The van der Waals surface area contributed by atoms with Crippen molar-refractivity contribution < 1.29 is 34.8 Å². The topological polar surface area (TPSA) is 149 Å². The van der Waals surface area contributed by atoms with Gasteiger partial charge in [0.1, 0.15) is 4.90 Å². The van der Waals surface area contributed by atoms with Crippen LogP contribution in [0.3, 0.4) is 0 Å². The predicted molar refractivity (Wildman–Crippen MR) is 73.1 cm³/mol. The van der Waals surface area contributed by atoms with Gasteiger partial charge in [-0.3, -0.25) is 4.79 Å². The molecule has 0 heterocycles. The zero-order valence-electron chi connectivity index (χ0n) is 11.6. The van der Waals surface area contributed by atoms with E-state index in [-0.39, 0.29) is 0 Å². The molecule has 0 unspecified atom stereocenters. The number of sulfonamides is 1. The van der Waals surface area contributed by atoms with Gasteiger partial charge in [-0.1, -0.05) is 0 Å². The number of hydrogen-bond donors (Lipinski definition) is 3. The number of amides is 1. The molecule has 0 spiro atoms. The summed E-state index contributed by atoms with van der Waals surface area (Å²) < 4.78 is 88.3. The molecular weight excluding hydrogens is 363 g/mol. The summed E-state index contributed by atoms with van der Waals surface area (Å²) >= 11 is 0. The van der Waals surface area contributed by atoms with Gasteiger partial charge in [-0.25, -0.2) is 35.1 Å². The van der Waals surface area contributed by atoms with Crippen LogP contribution in [0.5, 0.6) is 0 Å². The minimum atomic E-state index is -5.01. The van der Waals surface area contributed by atoms with E-state index in [4.69, 9.17) is 5.73 Å². The fraction of sp³-hybridized carbons (Fsp3) is 0.300. The molecule has 5 N–H and O–H groups in total. The zero-order valence-corrected chi connectivity index (χ0v) is 13.2. The smallest absolute Gasteiger partial charge is 0.244 e. The Balaban J connectivity index is 3.80. The third-order valence-electron chi connectivity index (χ3n) is 2.70. The van der Waals surface area contributed by atoms with Crippen LogP contribution >= 0.6 is 0 Å². The van der Waals surface area contributed by atoms with Gasteiger partial charge in [0.05, 0.1) is 11.4 Å². The van der Waals surface area contributed by atoms with Crippen LogP contribution in [-0.2, 0) is 24.7 Å². The lowest BCUT2D eigenvalue weighted by Gasteiger charge is -2.15. The predicted octanol–water partition coefficient (Wildman–Crippen LogP) is -0.558. The Bertz CT molecular complexity index is 868. The van der Waals surface area contributed by atoms with Gasteiger partial charge in [-0.05, 0) is 0 Å². The van der Waals surface area contributed by atoms with Gasteiger partial charge in [0.15, 0.2) is 32.2 Å². The van der Waals surface area contributed by atoms with Crippen molar-refractivity contribution >= 4 is 31.5 Å². The van der Waals surface area contributed by atoms with Crippen LogP contribution in [0, 0.1) is 17.5 Å². The molecule has 0 atom stereocenters. The Morgan fingerprint density at radius 2 is 1.52 bits per heavy atom. The van der Waals surface area contributed by atoms with Crippen molar-refractivity contribution in [1.29, 1.82) is 0 Å². The van der Waals surface area contributed by atoms with E-state index in [0.717, 1.165) is 7.05 Å². The fourth-order valence-corrected chi connectivity index (χ4v) is 3.95. The zero-order chi connectivity index (χ0) is 18.2. The Morgan fingerprint density at radius 1 is 1.04 bits per heavy atom. The maximum absolute atomic E-state index is 14.1. The van der Waals surface area contributed by atoms with Gasteiger partial charge in [0.25, 0.3) is 0 Å². The molecule has 1 aromatic carbocycles. The summed E-state index contributed by atoms with van der Waals surface area (Å²) in [6, 6.07) is 0. The molecule has 0 saturated carbocycles. The molecule has 0 radical (unpaired) electrons. The monoisotopic (exact) mass is 375 g/mol. The third kappa shape index (κ3) is 3.73. The highest BCUT2D eigenvalue weighted by molar-refractivity contribution is 7.91. The number of anilines is 1. The number of rotatable bonds is 6. The highest BCUT2D eigenvalue weighted by Gasteiger charge is 2.35. The fourth-order valence-electron chi connectivity index (χ4n) is 1.72. The van der Waals surface area contributed by atoms with Gasteiger partial charge < -0.3 is 11.1 Å². The first kappa shape index (κ1) is 19.2. The number of primary amides is 1. The Hall–Kier alpha value is -1.86. The first-order valence-corrected chi connectivity index (χ1v) is 8.96. The molecule has 1 amide bonds. The van der Waals surface area contributed by atoms with E-state index in [2.05, 4.69) is 5.14 Å². The van der Waals surface area contributed by atoms with Crippen LogP contribution < -0.4 is 16.2 Å². The highest BCUT2D eigenvalue weighted by atomic mass is 32.2. The normalized spacial score (nSPS) is 12.2. The van der Waals surface area contributed by atoms with E-state index in [9.17, 15) is 34.8 Å². The average molecular weight is 375 g/mol.